The van der Waals surface area contributed by atoms with E-state index < -0.39 is 0 Å². The fraction of sp³-hybridized carbons (Fsp3) is 0.350. The minimum Gasteiger partial charge on any atom is -0.297 e. The second-order valence-electron chi connectivity index (χ2n) is 6.50. The summed E-state index contributed by atoms with van der Waals surface area (Å²) in [6.45, 7) is 5.20. The van der Waals surface area contributed by atoms with Crippen LogP contribution in [0, 0.1) is 13.8 Å². The summed E-state index contributed by atoms with van der Waals surface area (Å²) in [5.74, 6) is 1.03. The van der Waals surface area contributed by atoms with Gasteiger partial charge in [-0.1, -0.05) is 24.6 Å². The van der Waals surface area contributed by atoms with Gasteiger partial charge in [-0.15, -0.1) is 0 Å². The number of hydrogen-bond acceptors (Lipinski definition) is 1. The standard InChI is InChI=1S/C20H22N3/c1-14-6-5-7-17(12-14)23-15(2)22-19-13-16(9-10-20(19)23)18-8-3-4-11-21-18/h5-7,9-10,12-13,18H,3-4,8,11H2,1-2H3. The third-order valence-electron chi connectivity index (χ3n) is 4.73. The van der Waals surface area contributed by atoms with Crippen LogP contribution in [0.3, 0.4) is 0 Å². The lowest BCUT2D eigenvalue weighted by Gasteiger charge is -2.21. The first-order valence-electron chi connectivity index (χ1n) is 8.45. The third kappa shape index (κ3) is 2.66. The Morgan fingerprint density at radius 3 is 2.74 bits per heavy atom. The van der Waals surface area contributed by atoms with Gasteiger partial charge >= 0.3 is 0 Å². The van der Waals surface area contributed by atoms with Crippen molar-refractivity contribution >= 4 is 11.0 Å². The molecule has 0 spiro atoms. The molecule has 0 saturated carbocycles. The van der Waals surface area contributed by atoms with Crippen LogP contribution < -0.4 is 5.32 Å². The summed E-state index contributed by atoms with van der Waals surface area (Å²) < 4.78 is 2.24. The second kappa shape index (κ2) is 5.82. The average molecular weight is 304 g/mol. The van der Waals surface area contributed by atoms with Crippen LogP contribution in [0.4, 0.5) is 0 Å². The maximum atomic E-state index is 4.80. The number of rotatable bonds is 2. The van der Waals surface area contributed by atoms with Gasteiger partial charge in [0.05, 0.1) is 11.0 Å². The van der Waals surface area contributed by atoms with Crippen molar-refractivity contribution in [3.63, 3.8) is 0 Å². The zero-order valence-corrected chi connectivity index (χ0v) is 13.8. The molecule has 1 saturated heterocycles. The molecular formula is C20H22N3. The number of piperidine rings is 1. The van der Waals surface area contributed by atoms with Crippen molar-refractivity contribution in [2.75, 3.05) is 6.54 Å². The van der Waals surface area contributed by atoms with E-state index in [0.717, 1.165) is 17.9 Å². The minimum atomic E-state index is 0.359. The van der Waals surface area contributed by atoms with E-state index in [1.54, 1.807) is 0 Å². The van der Waals surface area contributed by atoms with Gasteiger partial charge in [0.1, 0.15) is 5.82 Å². The Kier molecular flexibility index (Phi) is 3.66. The Hall–Kier alpha value is -2.13. The zero-order valence-electron chi connectivity index (χ0n) is 13.8. The molecule has 117 valence electrons. The molecule has 0 N–H and O–H groups in total. The molecule has 3 heteroatoms. The van der Waals surface area contributed by atoms with Crippen molar-refractivity contribution in [2.45, 2.75) is 39.2 Å². The number of aryl methyl sites for hydroxylation is 2. The summed E-state index contributed by atoms with van der Waals surface area (Å²) in [5.41, 5.74) is 6.00. The number of hydrogen-bond donors (Lipinski definition) is 0. The molecule has 1 unspecified atom stereocenters. The SMILES string of the molecule is Cc1cccc(-n2c(C)nc3cc(C4CCCC[N]4)ccc32)c1. The van der Waals surface area contributed by atoms with Crippen molar-refractivity contribution < 1.29 is 0 Å². The molecule has 2 aromatic carbocycles. The molecule has 1 aromatic heterocycles. The normalized spacial score (nSPS) is 18.4. The number of nitrogens with zero attached hydrogens (tertiary/aromatic N) is 3. The molecule has 3 aromatic rings. The van der Waals surface area contributed by atoms with Gasteiger partial charge in [-0.05, 0) is 62.1 Å². The Morgan fingerprint density at radius 2 is 1.96 bits per heavy atom. The van der Waals surface area contributed by atoms with Crippen LogP contribution in [0.5, 0.6) is 0 Å². The van der Waals surface area contributed by atoms with Crippen LogP contribution in [0.15, 0.2) is 42.5 Å². The van der Waals surface area contributed by atoms with Crippen LogP contribution in [0.25, 0.3) is 16.7 Å². The Labute approximate surface area is 137 Å². The monoisotopic (exact) mass is 304 g/mol. The van der Waals surface area contributed by atoms with E-state index in [4.69, 9.17) is 10.3 Å². The molecule has 0 aliphatic carbocycles. The molecule has 0 bridgehead atoms. The average Bonchev–Trinajstić information content (AvgIpc) is 2.90. The fourth-order valence-electron chi connectivity index (χ4n) is 3.58. The molecular weight excluding hydrogens is 282 g/mol. The van der Waals surface area contributed by atoms with Crippen molar-refractivity contribution in [3.05, 3.63) is 59.4 Å². The lowest BCUT2D eigenvalue weighted by Crippen LogP contribution is -2.20. The lowest BCUT2D eigenvalue weighted by molar-refractivity contribution is 0.404. The molecule has 2 heterocycles. The highest BCUT2D eigenvalue weighted by Gasteiger charge is 2.18. The molecule has 1 fully saturated rings. The van der Waals surface area contributed by atoms with Gasteiger partial charge in [0.15, 0.2) is 0 Å². The molecule has 0 amide bonds. The topological polar surface area (TPSA) is 31.9 Å². The molecule has 23 heavy (non-hydrogen) atoms. The van der Waals surface area contributed by atoms with Gasteiger partial charge in [-0.25, -0.2) is 10.3 Å². The summed E-state index contributed by atoms with van der Waals surface area (Å²) in [6.07, 6.45) is 3.69. The van der Waals surface area contributed by atoms with Gasteiger partial charge in [0.2, 0.25) is 0 Å². The highest BCUT2D eigenvalue weighted by atomic mass is 15.1. The maximum Gasteiger partial charge on any atom is 0.111 e. The van der Waals surface area contributed by atoms with E-state index in [2.05, 4.69) is 60.9 Å². The third-order valence-corrected chi connectivity index (χ3v) is 4.73. The highest BCUT2D eigenvalue weighted by Crippen LogP contribution is 2.28. The van der Waals surface area contributed by atoms with E-state index in [0.29, 0.717) is 6.04 Å². The van der Waals surface area contributed by atoms with E-state index >= 15 is 0 Å². The fourth-order valence-corrected chi connectivity index (χ4v) is 3.58. The molecule has 4 rings (SSSR count). The number of aromatic nitrogens is 2. The smallest absolute Gasteiger partial charge is 0.111 e. The van der Waals surface area contributed by atoms with Gasteiger partial charge in [0.25, 0.3) is 0 Å². The summed E-state index contributed by atoms with van der Waals surface area (Å²) >= 11 is 0. The van der Waals surface area contributed by atoms with Crippen molar-refractivity contribution in [2.24, 2.45) is 0 Å². The minimum absolute atomic E-state index is 0.359. The van der Waals surface area contributed by atoms with Crippen LogP contribution in [-0.4, -0.2) is 16.1 Å². The number of benzene rings is 2. The molecule has 1 aliphatic rings. The number of fused-ring (bicyclic) bond motifs is 1. The van der Waals surface area contributed by atoms with E-state index in [9.17, 15) is 0 Å². The predicted octanol–water partition coefficient (Wildman–Crippen LogP) is 4.47. The number of imidazole rings is 1. The van der Waals surface area contributed by atoms with Gasteiger partial charge in [-0.2, -0.15) is 0 Å². The first-order valence-corrected chi connectivity index (χ1v) is 8.45. The van der Waals surface area contributed by atoms with Gasteiger partial charge in [0, 0.05) is 18.3 Å². The van der Waals surface area contributed by atoms with Crippen molar-refractivity contribution in [3.8, 4) is 5.69 Å². The summed E-state index contributed by atoms with van der Waals surface area (Å²) in [6, 6.07) is 15.6. The Bertz CT molecular complexity index is 841. The predicted molar refractivity (Wildman–Crippen MR) is 94.1 cm³/mol. The van der Waals surface area contributed by atoms with Gasteiger partial charge in [-0.3, -0.25) is 4.57 Å². The molecule has 3 nitrogen and oxygen atoms in total. The van der Waals surface area contributed by atoms with E-state index in [1.807, 2.05) is 0 Å². The summed E-state index contributed by atoms with van der Waals surface area (Å²) in [5, 5.41) is 4.77. The van der Waals surface area contributed by atoms with Crippen LogP contribution in [0.1, 0.15) is 42.3 Å². The van der Waals surface area contributed by atoms with Crippen molar-refractivity contribution in [1.29, 1.82) is 0 Å². The quantitative estimate of drug-likeness (QED) is 0.687. The Balaban J connectivity index is 1.80. The lowest BCUT2D eigenvalue weighted by atomic mass is 9.97. The first kappa shape index (κ1) is 14.5. The summed E-state index contributed by atoms with van der Waals surface area (Å²) in [4.78, 5) is 4.80. The van der Waals surface area contributed by atoms with E-state index in [-0.39, 0.29) is 0 Å². The largest absolute Gasteiger partial charge is 0.297 e. The van der Waals surface area contributed by atoms with Crippen LogP contribution in [-0.2, 0) is 0 Å². The highest BCUT2D eigenvalue weighted by molar-refractivity contribution is 5.79. The molecule has 1 aliphatic heterocycles. The first-order chi connectivity index (χ1) is 11.2. The maximum absolute atomic E-state index is 4.80. The van der Waals surface area contributed by atoms with E-state index in [1.165, 1.54) is 41.6 Å². The van der Waals surface area contributed by atoms with Crippen molar-refractivity contribution in [1.82, 2.24) is 14.9 Å². The van der Waals surface area contributed by atoms with Crippen LogP contribution in [0.2, 0.25) is 0 Å². The zero-order chi connectivity index (χ0) is 15.8. The molecule has 1 radical (unpaired) electrons. The van der Waals surface area contributed by atoms with Crippen LogP contribution >= 0.6 is 0 Å². The van der Waals surface area contributed by atoms with Gasteiger partial charge < -0.3 is 0 Å². The Morgan fingerprint density at radius 1 is 1.04 bits per heavy atom. The molecule has 1 atom stereocenters. The second-order valence-corrected chi connectivity index (χ2v) is 6.50. The summed E-state index contributed by atoms with van der Waals surface area (Å²) in [7, 11) is 0.